The molecule has 0 N–H and O–H groups in total. The SMILES string of the molecule is CCCCN1CCN(CCCC)CC1.CCc1ccc(CC)cc1. The van der Waals surface area contributed by atoms with Crippen LogP contribution in [0.25, 0.3) is 0 Å². The summed E-state index contributed by atoms with van der Waals surface area (Å²) in [7, 11) is 0. The lowest BCUT2D eigenvalue weighted by Crippen LogP contribution is -2.46. The molecular formula is C22H40N2. The first-order chi connectivity index (χ1) is 11.7. The summed E-state index contributed by atoms with van der Waals surface area (Å²) in [4.78, 5) is 5.23. The third kappa shape index (κ3) is 8.84. The monoisotopic (exact) mass is 332 g/mol. The van der Waals surface area contributed by atoms with Crippen LogP contribution in [0, 0.1) is 0 Å². The zero-order valence-corrected chi connectivity index (χ0v) is 16.7. The standard InChI is InChI=1S/C12H26N2.C10H14/c1-3-5-7-13-9-11-14(12-10-13)8-6-4-2;1-3-9-5-7-10(4-2)8-6-9/h3-12H2,1-2H3;5-8H,3-4H2,1-2H3. The second-order valence-corrected chi connectivity index (χ2v) is 6.91. The Bertz CT molecular complexity index is 352. The third-order valence-electron chi connectivity index (χ3n) is 4.96. The maximum atomic E-state index is 2.62. The molecular weight excluding hydrogens is 292 g/mol. The van der Waals surface area contributed by atoms with E-state index in [2.05, 4.69) is 61.8 Å². The van der Waals surface area contributed by atoms with E-state index in [-0.39, 0.29) is 0 Å². The molecule has 0 radical (unpaired) electrons. The van der Waals surface area contributed by atoms with Crippen LogP contribution in [0.1, 0.15) is 64.5 Å². The van der Waals surface area contributed by atoms with Crippen LogP contribution in [-0.4, -0.2) is 49.1 Å². The summed E-state index contributed by atoms with van der Waals surface area (Å²) in [6.45, 7) is 16.7. The Hall–Kier alpha value is -0.860. The predicted octanol–water partition coefficient (Wildman–Crippen LogP) is 5.02. The molecule has 0 aromatic heterocycles. The van der Waals surface area contributed by atoms with Gasteiger partial charge in [-0.25, -0.2) is 0 Å². The van der Waals surface area contributed by atoms with E-state index in [9.17, 15) is 0 Å². The molecule has 1 aromatic rings. The maximum Gasteiger partial charge on any atom is 0.0110 e. The lowest BCUT2D eigenvalue weighted by Gasteiger charge is -2.34. The van der Waals surface area contributed by atoms with E-state index in [0.717, 1.165) is 12.8 Å². The molecule has 0 aliphatic carbocycles. The Morgan fingerprint density at radius 3 is 1.21 bits per heavy atom. The first-order valence-corrected chi connectivity index (χ1v) is 10.3. The van der Waals surface area contributed by atoms with Crippen molar-refractivity contribution in [1.82, 2.24) is 9.80 Å². The molecule has 0 spiro atoms. The van der Waals surface area contributed by atoms with Crippen molar-refractivity contribution in [1.29, 1.82) is 0 Å². The van der Waals surface area contributed by atoms with Gasteiger partial charge < -0.3 is 9.80 Å². The first kappa shape index (κ1) is 21.2. The average Bonchev–Trinajstić information content (AvgIpc) is 2.66. The highest BCUT2D eigenvalue weighted by molar-refractivity contribution is 5.22. The molecule has 1 aliphatic heterocycles. The topological polar surface area (TPSA) is 6.48 Å². The van der Waals surface area contributed by atoms with Crippen LogP contribution in [0.2, 0.25) is 0 Å². The fourth-order valence-corrected chi connectivity index (χ4v) is 3.01. The number of nitrogens with zero attached hydrogens (tertiary/aromatic N) is 2. The second-order valence-electron chi connectivity index (χ2n) is 6.91. The first-order valence-electron chi connectivity index (χ1n) is 10.3. The molecule has 0 bridgehead atoms. The minimum Gasteiger partial charge on any atom is -0.301 e. The molecule has 138 valence electrons. The van der Waals surface area contributed by atoms with Crippen molar-refractivity contribution in [2.24, 2.45) is 0 Å². The molecule has 1 saturated heterocycles. The van der Waals surface area contributed by atoms with Crippen LogP contribution in [-0.2, 0) is 12.8 Å². The Morgan fingerprint density at radius 1 is 0.625 bits per heavy atom. The van der Waals surface area contributed by atoms with Gasteiger partial charge in [0.05, 0.1) is 0 Å². The van der Waals surface area contributed by atoms with Gasteiger partial charge >= 0.3 is 0 Å². The number of hydrogen-bond donors (Lipinski definition) is 0. The molecule has 24 heavy (non-hydrogen) atoms. The quantitative estimate of drug-likeness (QED) is 0.660. The Labute approximate surface area is 151 Å². The molecule has 0 atom stereocenters. The van der Waals surface area contributed by atoms with Crippen molar-refractivity contribution in [2.45, 2.75) is 66.2 Å². The molecule has 1 fully saturated rings. The largest absolute Gasteiger partial charge is 0.301 e. The van der Waals surface area contributed by atoms with E-state index >= 15 is 0 Å². The fraction of sp³-hybridized carbons (Fsp3) is 0.727. The van der Waals surface area contributed by atoms with Gasteiger partial charge in [0.25, 0.3) is 0 Å². The number of unbranched alkanes of at least 4 members (excludes halogenated alkanes) is 2. The number of benzene rings is 1. The van der Waals surface area contributed by atoms with Gasteiger partial charge in [-0.1, -0.05) is 64.8 Å². The van der Waals surface area contributed by atoms with Gasteiger partial charge in [0.15, 0.2) is 0 Å². The number of rotatable bonds is 8. The lowest BCUT2D eigenvalue weighted by atomic mass is 10.1. The highest BCUT2D eigenvalue weighted by Gasteiger charge is 2.14. The lowest BCUT2D eigenvalue weighted by molar-refractivity contribution is 0.130. The van der Waals surface area contributed by atoms with Crippen LogP contribution in [0.5, 0.6) is 0 Å². The van der Waals surface area contributed by atoms with Gasteiger partial charge in [0.2, 0.25) is 0 Å². The van der Waals surface area contributed by atoms with Gasteiger partial charge in [-0.15, -0.1) is 0 Å². The second kappa shape index (κ2) is 13.4. The molecule has 2 heteroatoms. The van der Waals surface area contributed by atoms with E-state index in [1.54, 1.807) is 0 Å². The van der Waals surface area contributed by atoms with Crippen LogP contribution < -0.4 is 0 Å². The van der Waals surface area contributed by atoms with E-state index < -0.39 is 0 Å². The van der Waals surface area contributed by atoms with Gasteiger partial charge in [0.1, 0.15) is 0 Å². The van der Waals surface area contributed by atoms with Gasteiger partial charge in [-0.05, 0) is 49.9 Å². The third-order valence-corrected chi connectivity index (χ3v) is 4.96. The van der Waals surface area contributed by atoms with Crippen molar-refractivity contribution in [3.8, 4) is 0 Å². The Balaban J connectivity index is 0.000000254. The summed E-state index contributed by atoms with van der Waals surface area (Å²) in [6, 6.07) is 8.83. The maximum absolute atomic E-state index is 2.62. The van der Waals surface area contributed by atoms with Gasteiger partial charge in [-0.2, -0.15) is 0 Å². The van der Waals surface area contributed by atoms with Gasteiger partial charge in [0, 0.05) is 26.2 Å². The van der Waals surface area contributed by atoms with Crippen molar-refractivity contribution < 1.29 is 0 Å². The zero-order chi connectivity index (χ0) is 17.6. The average molecular weight is 333 g/mol. The number of piperazine rings is 1. The van der Waals surface area contributed by atoms with Crippen molar-refractivity contribution in [2.75, 3.05) is 39.3 Å². The Morgan fingerprint density at radius 2 is 0.958 bits per heavy atom. The van der Waals surface area contributed by atoms with Crippen LogP contribution in [0.3, 0.4) is 0 Å². The van der Waals surface area contributed by atoms with Crippen LogP contribution in [0.4, 0.5) is 0 Å². The summed E-state index contributed by atoms with van der Waals surface area (Å²) in [5, 5.41) is 0. The minimum atomic E-state index is 1.14. The molecule has 0 saturated carbocycles. The molecule has 2 nitrogen and oxygen atoms in total. The zero-order valence-electron chi connectivity index (χ0n) is 16.7. The molecule has 1 aliphatic rings. The molecule has 0 unspecified atom stereocenters. The minimum absolute atomic E-state index is 1.14. The molecule has 1 aromatic carbocycles. The Kier molecular flexibility index (Phi) is 11.9. The fourth-order valence-electron chi connectivity index (χ4n) is 3.01. The normalized spacial score (nSPS) is 15.8. The van der Waals surface area contributed by atoms with E-state index in [1.807, 2.05) is 0 Å². The summed E-state index contributed by atoms with van der Waals surface area (Å²) >= 11 is 0. The summed E-state index contributed by atoms with van der Waals surface area (Å²) in [5.74, 6) is 0. The van der Waals surface area contributed by atoms with Crippen LogP contribution >= 0.6 is 0 Å². The summed E-state index contributed by atoms with van der Waals surface area (Å²) < 4.78 is 0. The van der Waals surface area contributed by atoms with E-state index in [0.29, 0.717) is 0 Å². The van der Waals surface area contributed by atoms with E-state index in [1.165, 1.54) is 76.1 Å². The number of hydrogen-bond acceptors (Lipinski definition) is 2. The predicted molar refractivity (Wildman–Crippen MR) is 108 cm³/mol. The van der Waals surface area contributed by atoms with Crippen molar-refractivity contribution >= 4 is 0 Å². The van der Waals surface area contributed by atoms with E-state index in [4.69, 9.17) is 0 Å². The number of aryl methyl sites for hydroxylation is 2. The summed E-state index contributed by atoms with van der Waals surface area (Å²) in [6.07, 6.45) is 7.68. The summed E-state index contributed by atoms with van der Waals surface area (Å²) in [5.41, 5.74) is 2.86. The van der Waals surface area contributed by atoms with Crippen LogP contribution in [0.15, 0.2) is 24.3 Å². The van der Waals surface area contributed by atoms with Gasteiger partial charge in [-0.3, -0.25) is 0 Å². The molecule has 0 amide bonds. The molecule has 1 heterocycles. The smallest absolute Gasteiger partial charge is 0.0110 e. The molecule has 2 rings (SSSR count). The highest BCUT2D eigenvalue weighted by Crippen LogP contribution is 2.05. The van der Waals surface area contributed by atoms with Crippen molar-refractivity contribution in [3.05, 3.63) is 35.4 Å². The highest BCUT2D eigenvalue weighted by atomic mass is 15.3. The van der Waals surface area contributed by atoms with Crippen molar-refractivity contribution in [3.63, 3.8) is 0 Å².